The van der Waals surface area contributed by atoms with Crippen LogP contribution in [0.1, 0.15) is 43.4 Å². The zero-order chi connectivity index (χ0) is 25.6. The fourth-order valence-electron chi connectivity index (χ4n) is 3.71. The molecule has 8 heteroatoms. The molecule has 2 aromatic rings. The van der Waals surface area contributed by atoms with Crippen molar-refractivity contribution in [2.45, 2.75) is 40.5 Å². The van der Waals surface area contributed by atoms with E-state index in [4.69, 9.17) is 32.7 Å². The largest absolute Gasteiger partial charge is 0.507 e. The van der Waals surface area contributed by atoms with Crippen LogP contribution in [0, 0.1) is 13.8 Å². The van der Waals surface area contributed by atoms with E-state index in [2.05, 4.69) is 5.32 Å². The molecule has 3 rings (SSSR count). The van der Waals surface area contributed by atoms with Crippen LogP contribution >= 0.6 is 23.2 Å². The van der Waals surface area contributed by atoms with Gasteiger partial charge < -0.3 is 19.9 Å². The number of allylic oxidation sites excluding steroid dienone is 2. The number of carbonyl (C=O) groups excluding carboxylic acids is 2. The van der Waals surface area contributed by atoms with Gasteiger partial charge in [-0.15, -0.1) is 0 Å². The molecule has 0 amide bonds. The van der Waals surface area contributed by atoms with Gasteiger partial charge in [-0.05, 0) is 57.4 Å². The van der Waals surface area contributed by atoms with Crippen molar-refractivity contribution in [3.8, 4) is 5.75 Å². The molecule has 0 radical (unpaired) electrons. The van der Waals surface area contributed by atoms with Crippen molar-refractivity contribution in [3.05, 3.63) is 85.7 Å². The molecule has 0 spiro atoms. The Morgan fingerprint density at radius 2 is 1.47 bits per heavy atom. The Balaban J connectivity index is 0.000000379. The van der Waals surface area contributed by atoms with E-state index in [0.717, 1.165) is 11.1 Å². The molecule has 1 aliphatic rings. The van der Waals surface area contributed by atoms with Crippen LogP contribution < -0.4 is 5.32 Å². The number of benzene rings is 2. The number of phenols is 1. The highest BCUT2D eigenvalue weighted by Gasteiger charge is 2.38. The first-order valence-corrected chi connectivity index (χ1v) is 11.4. The lowest BCUT2D eigenvalue weighted by molar-refractivity contribution is -0.139. The van der Waals surface area contributed by atoms with Gasteiger partial charge in [-0.2, -0.15) is 0 Å². The van der Waals surface area contributed by atoms with Gasteiger partial charge in [-0.1, -0.05) is 53.5 Å². The van der Waals surface area contributed by atoms with Crippen molar-refractivity contribution in [2.24, 2.45) is 0 Å². The Morgan fingerprint density at radius 1 is 0.941 bits per heavy atom. The molecule has 1 heterocycles. The smallest absolute Gasteiger partial charge is 0.336 e. The number of aromatic hydroxyl groups is 1. The van der Waals surface area contributed by atoms with Gasteiger partial charge in [0, 0.05) is 11.4 Å². The molecule has 0 aliphatic carbocycles. The maximum atomic E-state index is 12.6. The number of aryl methyl sites for hydroxylation is 2. The number of hydrogen-bond acceptors (Lipinski definition) is 6. The molecule has 2 aromatic carbocycles. The van der Waals surface area contributed by atoms with Gasteiger partial charge in [0.2, 0.25) is 0 Å². The highest BCUT2D eigenvalue weighted by atomic mass is 35.5. The number of hydrogen-bond donors (Lipinski definition) is 2. The summed E-state index contributed by atoms with van der Waals surface area (Å²) < 4.78 is 10.1. The molecule has 0 bridgehead atoms. The Hall–Kier alpha value is -2.96. The van der Waals surface area contributed by atoms with Gasteiger partial charge in [-0.3, -0.25) is 0 Å². The van der Waals surface area contributed by atoms with E-state index >= 15 is 0 Å². The Labute approximate surface area is 210 Å². The summed E-state index contributed by atoms with van der Waals surface area (Å²) in [6.07, 6.45) is 0. The van der Waals surface area contributed by atoms with Gasteiger partial charge >= 0.3 is 11.9 Å². The molecule has 1 atom stereocenters. The van der Waals surface area contributed by atoms with E-state index in [1.807, 2.05) is 32.0 Å². The van der Waals surface area contributed by atoms with Gasteiger partial charge in [0.15, 0.2) is 0 Å². The minimum Gasteiger partial charge on any atom is -0.507 e. The number of dihydropyridines is 1. The van der Waals surface area contributed by atoms with Crippen LogP contribution in [0.15, 0.2) is 58.9 Å². The summed E-state index contributed by atoms with van der Waals surface area (Å²) >= 11 is 12.5. The number of methoxy groups -OCH3 is 1. The average Bonchev–Trinajstić information content (AvgIpc) is 2.79. The van der Waals surface area contributed by atoms with Gasteiger partial charge in [0.25, 0.3) is 0 Å². The average molecular weight is 506 g/mol. The third-order valence-electron chi connectivity index (χ3n) is 5.39. The van der Waals surface area contributed by atoms with Crippen molar-refractivity contribution in [2.75, 3.05) is 13.7 Å². The summed E-state index contributed by atoms with van der Waals surface area (Å²) in [5.74, 6) is -1.40. The number of nitrogens with one attached hydrogen (secondary N) is 1. The molecule has 34 heavy (non-hydrogen) atoms. The molecule has 182 valence electrons. The maximum Gasteiger partial charge on any atom is 0.336 e. The number of para-hydroxylation sites is 1. The molecule has 0 saturated carbocycles. The topological polar surface area (TPSA) is 84.9 Å². The summed E-state index contributed by atoms with van der Waals surface area (Å²) in [5, 5.41) is 12.9. The van der Waals surface area contributed by atoms with E-state index in [1.54, 1.807) is 39.0 Å². The highest BCUT2D eigenvalue weighted by molar-refractivity contribution is 6.42. The summed E-state index contributed by atoms with van der Waals surface area (Å²) in [6.45, 7) is 9.19. The molecule has 1 unspecified atom stereocenters. The van der Waals surface area contributed by atoms with Crippen LogP contribution in [0.25, 0.3) is 0 Å². The molecule has 6 nitrogen and oxygen atoms in total. The Bertz CT molecular complexity index is 1130. The minimum atomic E-state index is -0.737. The number of carbonyl (C=O) groups is 2. The molecule has 0 aromatic heterocycles. The highest BCUT2D eigenvalue weighted by Crippen LogP contribution is 2.43. The first-order valence-electron chi connectivity index (χ1n) is 10.7. The summed E-state index contributed by atoms with van der Waals surface area (Å²) in [4.78, 5) is 25.0. The SMILES string of the molecule is CCOC(=O)C1=C(C)NC(C)=C(C(=O)OC)C1c1cccc(Cl)c1Cl.Cc1cccc(C)c1O. The lowest BCUT2D eigenvalue weighted by Crippen LogP contribution is -2.32. The van der Waals surface area contributed by atoms with E-state index in [-0.39, 0.29) is 11.6 Å². The molecule has 2 N–H and O–H groups in total. The van der Waals surface area contributed by atoms with Crippen molar-refractivity contribution >= 4 is 35.1 Å². The Kier molecular flexibility index (Phi) is 9.59. The van der Waals surface area contributed by atoms with E-state index in [9.17, 15) is 14.7 Å². The summed E-state index contributed by atoms with van der Waals surface area (Å²) in [6, 6.07) is 10.8. The molecule has 0 fully saturated rings. The lowest BCUT2D eigenvalue weighted by Gasteiger charge is -2.30. The number of halogens is 2. The quantitative estimate of drug-likeness (QED) is 0.497. The standard InChI is InChI=1S/C18H19Cl2NO4.C8H10O/c1-5-25-18(23)14-10(3)21-9(2)13(17(22)24-4)15(14)11-7-6-8-12(19)16(11)20;1-6-4-3-5-7(2)8(6)9/h6-8,15,21H,5H2,1-4H3;3-5,9H,1-2H3. The second kappa shape index (κ2) is 12.0. The van der Waals surface area contributed by atoms with Crippen molar-refractivity contribution < 1.29 is 24.2 Å². The van der Waals surface area contributed by atoms with E-state index < -0.39 is 17.9 Å². The van der Waals surface area contributed by atoms with Crippen molar-refractivity contribution in [1.29, 1.82) is 0 Å². The van der Waals surface area contributed by atoms with Gasteiger partial charge in [-0.25, -0.2) is 9.59 Å². The second-order valence-electron chi connectivity index (χ2n) is 7.73. The molecular formula is C26H29Cl2NO5. The van der Waals surface area contributed by atoms with Crippen molar-refractivity contribution in [3.63, 3.8) is 0 Å². The molecule has 0 saturated heterocycles. The zero-order valence-electron chi connectivity index (χ0n) is 20.1. The first-order chi connectivity index (χ1) is 16.0. The third kappa shape index (κ3) is 5.93. The van der Waals surface area contributed by atoms with Crippen LogP contribution in [0.4, 0.5) is 0 Å². The van der Waals surface area contributed by atoms with E-state index in [1.165, 1.54) is 7.11 Å². The Morgan fingerprint density at radius 3 is 1.97 bits per heavy atom. The maximum absolute atomic E-state index is 12.6. The number of esters is 2. The monoisotopic (exact) mass is 505 g/mol. The minimum absolute atomic E-state index is 0.210. The van der Waals surface area contributed by atoms with Crippen LogP contribution in [0.3, 0.4) is 0 Å². The van der Waals surface area contributed by atoms with Crippen LogP contribution in [-0.4, -0.2) is 30.8 Å². The number of rotatable bonds is 4. The molecule has 1 aliphatic heterocycles. The summed E-state index contributed by atoms with van der Waals surface area (Å²) in [5.41, 5.74) is 4.18. The number of ether oxygens (including phenoxy) is 2. The van der Waals surface area contributed by atoms with Crippen molar-refractivity contribution in [1.82, 2.24) is 5.32 Å². The van der Waals surface area contributed by atoms with Crippen LogP contribution in [0.5, 0.6) is 5.75 Å². The first kappa shape index (κ1) is 27.3. The second-order valence-corrected chi connectivity index (χ2v) is 8.52. The molecular weight excluding hydrogens is 477 g/mol. The summed E-state index contributed by atoms with van der Waals surface area (Å²) in [7, 11) is 1.29. The van der Waals surface area contributed by atoms with E-state index in [0.29, 0.717) is 38.9 Å². The van der Waals surface area contributed by atoms with Crippen LogP contribution in [0.2, 0.25) is 10.0 Å². The normalized spacial score (nSPS) is 15.2. The fourth-order valence-corrected chi connectivity index (χ4v) is 4.13. The third-order valence-corrected chi connectivity index (χ3v) is 6.23. The lowest BCUT2D eigenvalue weighted by atomic mass is 9.80. The predicted molar refractivity (Wildman–Crippen MR) is 134 cm³/mol. The predicted octanol–water partition coefficient (Wildman–Crippen LogP) is 5.97. The fraction of sp³-hybridized carbons (Fsp3) is 0.308. The van der Waals surface area contributed by atoms with Gasteiger partial charge in [0.05, 0.1) is 40.8 Å². The zero-order valence-corrected chi connectivity index (χ0v) is 21.6. The van der Waals surface area contributed by atoms with Gasteiger partial charge in [0.1, 0.15) is 5.75 Å². The number of phenolic OH excluding ortho intramolecular Hbond substituents is 1. The van der Waals surface area contributed by atoms with Crippen LogP contribution in [-0.2, 0) is 19.1 Å².